The number of nitrogens with one attached hydrogen (secondary N) is 1. The van der Waals surface area contributed by atoms with Gasteiger partial charge in [0.1, 0.15) is 0 Å². The minimum atomic E-state index is -0.244. The fraction of sp³-hybridized carbons (Fsp3) is 0.154. The van der Waals surface area contributed by atoms with Gasteiger partial charge < -0.3 is 4.74 Å². The van der Waals surface area contributed by atoms with Gasteiger partial charge in [-0.1, -0.05) is 6.07 Å². The summed E-state index contributed by atoms with van der Waals surface area (Å²) in [6.07, 6.45) is 0. The number of halogens is 1. The molecule has 0 bridgehead atoms. The summed E-state index contributed by atoms with van der Waals surface area (Å²) in [4.78, 5) is 20.3. The van der Waals surface area contributed by atoms with Crippen LogP contribution in [-0.2, 0) is 0 Å². The van der Waals surface area contributed by atoms with Crippen LogP contribution >= 0.6 is 22.6 Å². The minimum Gasteiger partial charge on any atom is -0.481 e. The number of amides is 1. The van der Waals surface area contributed by atoms with Crippen molar-refractivity contribution in [1.82, 2.24) is 9.97 Å². The lowest BCUT2D eigenvalue weighted by atomic mass is 10.2. The lowest BCUT2D eigenvalue weighted by Crippen LogP contribution is -2.14. The molecule has 0 atom stereocenters. The Morgan fingerprint density at radius 1 is 1.32 bits per heavy atom. The number of rotatable bonds is 3. The maximum absolute atomic E-state index is 12.0. The third-order valence-electron chi connectivity index (χ3n) is 2.35. The van der Waals surface area contributed by atoms with E-state index in [2.05, 4.69) is 37.9 Å². The molecule has 2 rings (SSSR count). The summed E-state index contributed by atoms with van der Waals surface area (Å²) >= 11 is 2.16. The Bertz CT molecular complexity index is 617. The fourth-order valence-corrected chi connectivity index (χ4v) is 2.05. The number of hydrogen-bond acceptors (Lipinski definition) is 4. The first-order chi connectivity index (χ1) is 9.08. The Balaban J connectivity index is 2.21. The third kappa shape index (κ3) is 3.63. The van der Waals surface area contributed by atoms with E-state index in [4.69, 9.17) is 4.74 Å². The van der Waals surface area contributed by atoms with Gasteiger partial charge in [0.15, 0.2) is 0 Å². The number of carbonyl (C=O) groups is 1. The molecule has 1 N–H and O–H groups in total. The molecule has 0 spiro atoms. The van der Waals surface area contributed by atoms with Crippen molar-refractivity contribution in [3.63, 3.8) is 0 Å². The van der Waals surface area contributed by atoms with E-state index in [-0.39, 0.29) is 11.9 Å². The molecule has 0 fully saturated rings. The second-order valence-corrected chi connectivity index (χ2v) is 5.09. The predicted octanol–water partition coefficient (Wildman–Crippen LogP) is 2.65. The summed E-state index contributed by atoms with van der Waals surface area (Å²) in [7, 11) is 1.52. The maximum atomic E-state index is 12.0. The Hall–Kier alpha value is -1.70. The van der Waals surface area contributed by atoms with Gasteiger partial charge in [-0.2, -0.15) is 4.98 Å². The number of benzene rings is 1. The molecule has 5 nitrogen and oxygen atoms in total. The van der Waals surface area contributed by atoms with Gasteiger partial charge in [-0.25, -0.2) is 4.98 Å². The highest BCUT2D eigenvalue weighted by Gasteiger charge is 2.09. The lowest BCUT2D eigenvalue weighted by Gasteiger charge is -2.06. The van der Waals surface area contributed by atoms with Gasteiger partial charge in [-0.15, -0.1) is 0 Å². The smallest absolute Gasteiger partial charge is 0.258 e. The highest BCUT2D eigenvalue weighted by atomic mass is 127. The molecule has 98 valence electrons. The Morgan fingerprint density at radius 2 is 2.11 bits per heavy atom. The SMILES string of the molecule is COc1cc(C)nc(NC(=O)c2cccc(I)c2)n1. The van der Waals surface area contributed by atoms with Crippen molar-refractivity contribution in [1.29, 1.82) is 0 Å². The van der Waals surface area contributed by atoms with Crippen LogP contribution < -0.4 is 10.1 Å². The van der Waals surface area contributed by atoms with Gasteiger partial charge in [-0.3, -0.25) is 10.1 Å². The first-order valence-corrected chi connectivity index (χ1v) is 6.63. The lowest BCUT2D eigenvalue weighted by molar-refractivity contribution is 0.102. The third-order valence-corrected chi connectivity index (χ3v) is 3.02. The van der Waals surface area contributed by atoms with Crippen LogP contribution in [0.4, 0.5) is 5.95 Å². The number of hydrogen-bond donors (Lipinski definition) is 1. The molecule has 2 aromatic rings. The number of aryl methyl sites for hydroxylation is 1. The Kier molecular flexibility index (Phi) is 4.31. The van der Waals surface area contributed by atoms with E-state index in [1.165, 1.54) is 7.11 Å². The molecule has 0 aliphatic rings. The van der Waals surface area contributed by atoms with E-state index in [9.17, 15) is 4.79 Å². The Morgan fingerprint density at radius 3 is 2.79 bits per heavy atom. The van der Waals surface area contributed by atoms with Crippen LogP contribution in [0.15, 0.2) is 30.3 Å². The topological polar surface area (TPSA) is 64.1 Å². The molecular weight excluding hydrogens is 357 g/mol. The van der Waals surface area contributed by atoms with E-state index in [0.717, 1.165) is 9.26 Å². The van der Waals surface area contributed by atoms with Crippen LogP contribution in [0.2, 0.25) is 0 Å². The van der Waals surface area contributed by atoms with Crippen molar-refractivity contribution in [2.24, 2.45) is 0 Å². The Labute approximate surface area is 124 Å². The average molecular weight is 369 g/mol. The molecule has 0 saturated heterocycles. The predicted molar refractivity (Wildman–Crippen MR) is 80.4 cm³/mol. The molecule has 1 aromatic heterocycles. The zero-order chi connectivity index (χ0) is 13.8. The van der Waals surface area contributed by atoms with Gasteiger partial charge in [-0.05, 0) is 47.7 Å². The van der Waals surface area contributed by atoms with Crippen molar-refractivity contribution < 1.29 is 9.53 Å². The zero-order valence-electron chi connectivity index (χ0n) is 10.5. The minimum absolute atomic E-state index is 0.237. The normalized spacial score (nSPS) is 10.1. The molecule has 1 aromatic carbocycles. The molecule has 6 heteroatoms. The summed E-state index contributed by atoms with van der Waals surface area (Å²) in [5, 5.41) is 2.66. The average Bonchev–Trinajstić information content (AvgIpc) is 2.38. The van der Waals surface area contributed by atoms with E-state index < -0.39 is 0 Å². The van der Waals surface area contributed by atoms with E-state index in [1.807, 2.05) is 19.1 Å². The van der Waals surface area contributed by atoms with Crippen LogP contribution in [0.3, 0.4) is 0 Å². The molecule has 0 aliphatic heterocycles. The molecule has 0 aliphatic carbocycles. The second kappa shape index (κ2) is 5.96. The van der Waals surface area contributed by atoms with Crippen molar-refractivity contribution in [2.45, 2.75) is 6.92 Å². The quantitative estimate of drug-likeness (QED) is 0.845. The number of anilines is 1. The molecule has 19 heavy (non-hydrogen) atoms. The van der Waals surface area contributed by atoms with Crippen molar-refractivity contribution in [2.75, 3.05) is 12.4 Å². The monoisotopic (exact) mass is 369 g/mol. The van der Waals surface area contributed by atoms with Crippen LogP contribution in [0.5, 0.6) is 5.88 Å². The summed E-state index contributed by atoms with van der Waals surface area (Å²) in [5.74, 6) is 0.414. The van der Waals surface area contributed by atoms with Gasteiger partial charge in [0.05, 0.1) is 7.11 Å². The number of aromatic nitrogens is 2. The standard InChI is InChI=1S/C13H12IN3O2/c1-8-6-11(19-2)16-13(15-8)17-12(18)9-4-3-5-10(14)7-9/h3-7H,1-2H3,(H,15,16,17,18). The highest BCUT2D eigenvalue weighted by molar-refractivity contribution is 14.1. The van der Waals surface area contributed by atoms with Crippen molar-refractivity contribution in [3.8, 4) is 5.88 Å². The summed E-state index contributed by atoms with van der Waals surface area (Å²) in [5.41, 5.74) is 1.29. The second-order valence-electron chi connectivity index (χ2n) is 3.84. The summed E-state index contributed by atoms with van der Waals surface area (Å²) < 4.78 is 6.03. The molecule has 1 heterocycles. The van der Waals surface area contributed by atoms with Crippen LogP contribution in [0.1, 0.15) is 16.1 Å². The first kappa shape index (κ1) is 13.7. The number of methoxy groups -OCH3 is 1. The number of nitrogens with zero attached hydrogens (tertiary/aromatic N) is 2. The molecule has 0 radical (unpaired) electrons. The molecule has 1 amide bonds. The van der Waals surface area contributed by atoms with Crippen LogP contribution in [0, 0.1) is 10.5 Å². The van der Waals surface area contributed by atoms with E-state index >= 15 is 0 Å². The number of ether oxygens (including phenoxy) is 1. The zero-order valence-corrected chi connectivity index (χ0v) is 12.6. The molecular formula is C13H12IN3O2. The fourth-order valence-electron chi connectivity index (χ4n) is 1.50. The van der Waals surface area contributed by atoms with Gasteiger partial charge in [0, 0.05) is 20.9 Å². The largest absolute Gasteiger partial charge is 0.481 e. The van der Waals surface area contributed by atoms with E-state index in [1.54, 1.807) is 18.2 Å². The highest BCUT2D eigenvalue weighted by Crippen LogP contribution is 2.13. The van der Waals surface area contributed by atoms with Crippen LogP contribution in [0.25, 0.3) is 0 Å². The van der Waals surface area contributed by atoms with Crippen LogP contribution in [-0.4, -0.2) is 23.0 Å². The van der Waals surface area contributed by atoms with Crippen molar-refractivity contribution >= 4 is 34.4 Å². The summed E-state index contributed by atoms with van der Waals surface area (Å²) in [6.45, 7) is 1.81. The molecule has 0 unspecified atom stereocenters. The first-order valence-electron chi connectivity index (χ1n) is 5.55. The van der Waals surface area contributed by atoms with Gasteiger partial charge in [0.2, 0.25) is 11.8 Å². The summed E-state index contributed by atoms with van der Waals surface area (Å²) in [6, 6.07) is 8.98. The van der Waals surface area contributed by atoms with Crippen molar-refractivity contribution in [3.05, 3.63) is 45.2 Å². The van der Waals surface area contributed by atoms with Gasteiger partial charge in [0.25, 0.3) is 5.91 Å². The maximum Gasteiger partial charge on any atom is 0.258 e. The van der Waals surface area contributed by atoms with E-state index in [0.29, 0.717) is 11.4 Å². The van der Waals surface area contributed by atoms with Gasteiger partial charge >= 0.3 is 0 Å². The molecule has 0 saturated carbocycles. The number of carbonyl (C=O) groups excluding carboxylic acids is 1.